The minimum atomic E-state index is 0.361. The van der Waals surface area contributed by atoms with Gasteiger partial charge in [-0.1, -0.05) is 158 Å². The fourth-order valence-electron chi connectivity index (χ4n) is 9.98. The predicted molar refractivity (Wildman–Crippen MR) is 263 cm³/mol. The Morgan fingerprint density at radius 3 is 1.00 bits per heavy atom. The molecule has 0 radical (unpaired) electrons. The highest BCUT2D eigenvalue weighted by Crippen LogP contribution is 2.45. The molecule has 0 saturated carbocycles. The van der Waals surface area contributed by atoms with E-state index in [1.54, 1.807) is 0 Å². The van der Waals surface area contributed by atoms with Crippen LogP contribution in [0.25, 0.3) is 77.2 Å². The summed E-state index contributed by atoms with van der Waals surface area (Å²) in [7, 11) is 0. The van der Waals surface area contributed by atoms with Gasteiger partial charge in [-0.3, -0.25) is 0 Å². The summed E-state index contributed by atoms with van der Waals surface area (Å²) in [6.07, 6.45) is 0.722. The highest BCUT2D eigenvalue weighted by molar-refractivity contribution is 6.11. The predicted octanol–water partition coefficient (Wildman–Crippen LogP) is 13.3. The van der Waals surface area contributed by atoms with E-state index in [2.05, 4.69) is 118 Å². The maximum Gasteiger partial charge on any atom is 0.102 e. The number of hydrogen-bond acceptors (Lipinski definition) is 4. The van der Waals surface area contributed by atoms with Crippen LogP contribution in [0.15, 0.2) is 194 Å². The summed E-state index contributed by atoms with van der Waals surface area (Å²) in [5, 5.41) is 28.0. The molecule has 4 N–H and O–H groups in total. The van der Waals surface area contributed by atoms with E-state index in [0.29, 0.717) is 41.0 Å². The van der Waals surface area contributed by atoms with Gasteiger partial charge in [0.25, 0.3) is 0 Å². The first-order chi connectivity index (χ1) is 31.6. The Morgan fingerprint density at radius 2 is 0.641 bits per heavy atom. The molecule has 0 unspecified atom stereocenters. The van der Waals surface area contributed by atoms with Crippen molar-refractivity contribution >= 4 is 55.0 Å². The van der Waals surface area contributed by atoms with Gasteiger partial charge in [-0.25, -0.2) is 0 Å². The van der Waals surface area contributed by atoms with Gasteiger partial charge in [0.05, 0.1) is 44.6 Å². The Morgan fingerprint density at radius 1 is 0.344 bits per heavy atom. The molecule has 302 valence electrons. The van der Waals surface area contributed by atoms with Crippen LogP contribution in [0.5, 0.6) is 0 Å². The Balaban J connectivity index is 1.35. The number of nitrogens with two attached hydrogens (primary N) is 2. The first kappa shape index (κ1) is 38.1. The first-order valence-electron chi connectivity index (χ1n) is 21.4. The van der Waals surface area contributed by atoms with Gasteiger partial charge in [0.2, 0.25) is 0 Å². The number of fused-ring (bicyclic) bond motifs is 6. The average molecular weight is 821 g/mol. The van der Waals surface area contributed by atoms with Gasteiger partial charge in [-0.2, -0.15) is 10.5 Å². The van der Waals surface area contributed by atoms with Crippen LogP contribution in [0.3, 0.4) is 0 Å². The second-order valence-corrected chi connectivity index (χ2v) is 16.2. The topological polar surface area (TPSA) is 109 Å². The van der Waals surface area contributed by atoms with Crippen LogP contribution in [-0.4, -0.2) is 9.13 Å². The summed E-state index contributed by atoms with van der Waals surface area (Å²) >= 11 is 0. The van der Waals surface area contributed by atoms with E-state index in [1.165, 1.54) is 0 Å². The van der Waals surface area contributed by atoms with E-state index in [1.807, 2.05) is 97.1 Å². The largest absolute Gasteiger partial charge is 0.398 e. The molecular formula is C58H40N6. The van der Waals surface area contributed by atoms with Crippen molar-refractivity contribution in [2.45, 2.75) is 12.8 Å². The van der Waals surface area contributed by atoms with Gasteiger partial charge in [0.15, 0.2) is 0 Å². The SMILES string of the molecule is N#Cc1c(Cc2ccccc2-c2ccccc2N)c(-n2c3ccccc3c3ccccc32)c(Cc2ccccc2-c2ccccc2N)c(C#N)c1-n1c2ccccc2c2ccccc21. The standard InChI is InChI=1S/C58H40N6/c59-35-49-47(33-37-17-1-3-19-39(37)41-21-5-11-27-51(41)61)57(63-53-29-13-7-23-43(53)44-24-8-14-30-54(44)63)48(34-38-18-2-4-20-40(38)42-22-6-12-28-52(42)62)50(36-60)58(49)64-55-31-15-9-25-45(55)46-26-10-16-32-56(46)64/h1-32H,33-34,61-62H2. The Bertz CT molecular complexity index is 3500. The average Bonchev–Trinajstić information content (AvgIpc) is 3.85. The van der Waals surface area contributed by atoms with E-state index in [0.717, 1.165) is 93.8 Å². The molecule has 9 aromatic carbocycles. The molecule has 2 aromatic heterocycles. The van der Waals surface area contributed by atoms with Gasteiger partial charge in [-0.15, -0.1) is 0 Å². The molecule has 0 aliphatic heterocycles. The lowest BCUT2D eigenvalue weighted by Gasteiger charge is -2.26. The molecule has 0 saturated heterocycles. The molecule has 64 heavy (non-hydrogen) atoms. The number of anilines is 2. The Kier molecular flexibility index (Phi) is 9.27. The fraction of sp³-hybridized carbons (Fsp3) is 0.0345. The second-order valence-electron chi connectivity index (χ2n) is 16.2. The van der Waals surface area contributed by atoms with Crippen molar-refractivity contribution in [2.24, 2.45) is 0 Å². The molecule has 6 nitrogen and oxygen atoms in total. The summed E-state index contributed by atoms with van der Waals surface area (Å²) < 4.78 is 4.44. The number of rotatable bonds is 8. The van der Waals surface area contributed by atoms with Crippen LogP contribution in [0.2, 0.25) is 0 Å². The molecule has 0 aliphatic carbocycles. The quantitative estimate of drug-likeness (QED) is 0.149. The van der Waals surface area contributed by atoms with Gasteiger partial charge >= 0.3 is 0 Å². The molecular weight excluding hydrogens is 781 g/mol. The normalized spacial score (nSPS) is 11.3. The number of nitriles is 2. The van der Waals surface area contributed by atoms with E-state index in [4.69, 9.17) is 11.5 Å². The zero-order valence-electron chi connectivity index (χ0n) is 34.8. The molecule has 11 rings (SSSR count). The highest BCUT2D eigenvalue weighted by Gasteiger charge is 2.31. The third-order valence-electron chi connectivity index (χ3n) is 12.8. The molecule has 6 heteroatoms. The van der Waals surface area contributed by atoms with Gasteiger partial charge in [-0.05, 0) is 58.7 Å². The van der Waals surface area contributed by atoms with Crippen molar-refractivity contribution in [3.63, 3.8) is 0 Å². The van der Waals surface area contributed by atoms with Gasteiger partial charge in [0.1, 0.15) is 12.1 Å². The Labute approximate surface area is 370 Å². The maximum absolute atomic E-state index is 11.9. The lowest BCUT2D eigenvalue weighted by atomic mass is 9.84. The van der Waals surface area contributed by atoms with Crippen LogP contribution in [0.1, 0.15) is 33.4 Å². The Hall–Kier alpha value is -8.84. The lowest BCUT2D eigenvalue weighted by molar-refractivity contribution is 1.01. The van der Waals surface area contributed by atoms with Crippen LogP contribution in [0.4, 0.5) is 11.4 Å². The molecule has 0 amide bonds. The van der Waals surface area contributed by atoms with E-state index < -0.39 is 0 Å². The summed E-state index contributed by atoms with van der Waals surface area (Å²) in [6, 6.07) is 71.3. The fourth-order valence-corrected chi connectivity index (χ4v) is 9.98. The van der Waals surface area contributed by atoms with E-state index in [9.17, 15) is 10.5 Å². The minimum absolute atomic E-state index is 0.361. The maximum atomic E-state index is 11.9. The summed E-state index contributed by atoms with van der Waals surface area (Å²) in [5.74, 6) is 0. The third kappa shape index (κ3) is 6.01. The van der Waals surface area contributed by atoms with Crippen LogP contribution >= 0.6 is 0 Å². The second kappa shape index (κ2) is 15.6. The van der Waals surface area contributed by atoms with Crippen molar-refractivity contribution < 1.29 is 0 Å². The summed E-state index contributed by atoms with van der Waals surface area (Å²) in [5.41, 5.74) is 28.2. The number of aromatic nitrogens is 2. The van der Waals surface area contributed by atoms with Crippen molar-refractivity contribution in [3.8, 4) is 45.8 Å². The summed E-state index contributed by atoms with van der Waals surface area (Å²) in [4.78, 5) is 0. The lowest BCUT2D eigenvalue weighted by Crippen LogP contribution is -2.15. The minimum Gasteiger partial charge on any atom is -0.398 e. The number of hydrogen-bond donors (Lipinski definition) is 2. The zero-order chi connectivity index (χ0) is 43.3. The van der Waals surface area contributed by atoms with E-state index in [-0.39, 0.29) is 0 Å². The van der Waals surface area contributed by atoms with Gasteiger partial charge in [0, 0.05) is 68.0 Å². The van der Waals surface area contributed by atoms with Crippen LogP contribution in [-0.2, 0) is 12.8 Å². The molecule has 0 aliphatic rings. The van der Waals surface area contributed by atoms with Crippen molar-refractivity contribution in [1.82, 2.24) is 9.13 Å². The molecule has 0 atom stereocenters. The van der Waals surface area contributed by atoms with Gasteiger partial charge < -0.3 is 20.6 Å². The number of nitrogen functional groups attached to an aromatic ring is 2. The molecule has 0 fully saturated rings. The van der Waals surface area contributed by atoms with Crippen molar-refractivity contribution in [1.29, 1.82) is 10.5 Å². The molecule has 0 spiro atoms. The summed E-state index contributed by atoms with van der Waals surface area (Å²) in [6.45, 7) is 0. The van der Waals surface area contributed by atoms with Crippen molar-refractivity contribution in [2.75, 3.05) is 11.5 Å². The monoisotopic (exact) mass is 820 g/mol. The van der Waals surface area contributed by atoms with Crippen LogP contribution in [0, 0.1) is 22.7 Å². The number of para-hydroxylation sites is 6. The van der Waals surface area contributed by atoms with E-state index >= 15 is 0 Å². The number of nitrogens with zero attached hydrogens (tertiary/aromatic N) is 4. The zero-order valence-corrected chi connectivity index (χ0v) is 34.8. The van der Waals surface area contributed by atoms with Crippen molar-refractivity contribution in [3.05, 3.63) is 228 Å². The highest BCUT2D eigenvalue weighted by atomic mass is 15.0. The molecule has 2 heterocycles. The molecule has 0 bridgehead atoms. The van der Waals surface area contributed by atoms with Crippen LogP contribution < -0.4 is 11.5 Å². The third-order valence-corrected chi connectivity index (χ3v) is 12.8. The smallest absolute Gasteiger partial charge is 0.102 e. The first-order valence-corrected chi connectivity index (χ1v) is 21.4. The molecule has 11 aromatic rings. The number of benzene rings is 9.